The second-order valence-electron chi connectivity index (χ2n) is 6.79. The highest BCUT2D eigenvalue weighted by Gasteiger charge is 2.18. The average Bonchev–Trinajstić information content (AvgIpc) is 2.62. The van der Waals surface area contributed by atoms with Crippen molar-refractivity contribution in [2.45, 2.75) is 25.7 Å². The fourth-order valence-corrected chi connectivity index (χ4v) is 3.49. The fourth-order valence-electron chi connectivity index (χ4n) is 3.36. The molecule has 1 saturated heterocycles. The van der Waals surface area contributed by atoms with Crippen LogP contribution in [0.15, 0.2) is 48.5 Å². The maximum Gasteiger partial charge on any atom is 0.0406 e. The van der Waals surface area contributed by atoms with E-state index in [1.54, 1.807) is 0 Å². The Morgan fingerprint density at radius 3 is 2.56 bits per heavy atom. The van der Waals surface area contributed by atoms with E-state index in [1.165, 1.54) is 37.9 Å². The molecule has 0 radical (unpaired) electrons. The van der Waals surface area contributed by atoms with Gasteiger partial charge in [0.05, 0.1) is 0 Å². The molecule has 0 unspecified atom stereocenters. The van der Waals surface area contributed by atoms with Crippen molar-refractivity contribution < 1.29 is 0 Å². The quantitative estimate of drug-likeness (QED) is 0.642. The lowest BCUT2D eigenvalue weighted by Crippen LogP contribution is -2.34. The molecule has 2 aromatic carbocycles. The Morgan fingerprint density at radius 2 is 1.84 bits per heavy atom. The van der Waals surface area contributed by atoms with E-state index in [9.17, 15) is 0 Å². The molecule has 1 fully saturated rings. The van der Waals surface area contributed by atoms with Crippen LogP contribution in [0.5, 0.6) is 0 Å². The molecule has 0 amide bonds. The first-order chi connectivity index (χ1) is 12.2. The number of halogens is 1. The Balaban J connectivity index is 1.39. The first-order valence-corrected chi connectivity index (χ1v) is 9.38. The predicted molar refractivity (Wildman–Crippen MR) is 107 cm³/mol. The maximum atomic E-state index is 5.96. The number of nitrogens with two attached hydrogens (primary N) is 1. The number of nitrogen functional groups attached to an aromatic ring is 1. The summed E-state index contributed by atoms with van der Waals surface area (Å²) in [7, 11) is 0. The minimum atomic E-state index is 0.773. The Hall–Kier alpha value is -1.95. The summed E-state index contributed by atoms with van der Waals surface area (Å²) < 4.78 is 0. The van der Waals surface area contributed by atoms with Gasteiger partial charge >= 0.3 is 0 Å². The molecule has 2 nitrogen and oxygen atoms in total. The van der Waals surface area contributed by atoms with Crippen molar-refractivity contribution in [1.82, 2.24) is 4.90 Å². The summed E-state index contributed by atoms with van der Waals surface area (Å²) in [5.74, 6) is 7.26. The third-order valence-electron chi connectivity index (χ3n) is 4.82. The van der Waals surface area contributed by atoms with E-state index >= 15 is 0 Å². The molecule has 0 saturated carbocycles. The third kappa shape index (κ3) is 5.81. The van der Waals surface area contributed by atoms with E-state index < -0.39 is 0 Å². The van der Waals surface area contributed by atoms with Gasteiger partial charge in [-0.05, 0) is 74.2 Å². The Kier molecular flexibility index (Phi) is 6.39. The Labute approximate surface area is 156 Å². The van der Waals surface area contributed by atoms with Gasteiger partial charge in [0.25, 0.3) is 0 Å². The highest BCUT2D eigenvalue weighted by atomic mass is 35.5. The van der Waals surface area contributed by atoms with Crippen molar-refractivity contribution in [2.75, 3.05) is 25.4 Å². The molecule has 0 bridgehead atoms. The number of nitrogens with zero attached hydrogens (tertiary/aromatic N) is 1. The Morgan fingerprint density at radius 1 is 1.08 bits per heavy atom. The lowest BCUT2D eigenvalue weighted by Gasteiger charge is -2.31. The molecule has 25 heavy (non-hydrogen) atoms. The summed E-state index contributed by atoms with van der Waals surface area (Å²) in [6, 6.07) is 16.1. The standard InChI is InChI=1S/C22H25ClN2/c23-21-9-7-19(8-10-21)16-20-11-14-25(15-12-20)13-2-1-4-18-5-3-6-22(24)17-18/h3,5-10,17,20H,2,11-16,24H2. The van der Waals surface area contributed by atoms with Crippen molar-refractivity contribution in [3.63, 3.8) is 0 Å². The first-order valence-electron chi connectivity index (χ1n) is 9.00. The average molecular weight is 353 g/mol. The molecule has 1 aliphatic heterocycles. The minimum Gasteiger partial charge on any atom is -0.399 e. The van der Waals surface area contributed by atoms with Crippen LogP contribution in [0.2, 0.25) is 5.02 Å². The monoisotopic (exact) mass is 352 g/mol. The van der Waals surface area contributed by atoms with Crippen molar-refractivity contribution in [3.05, 3.63) is 64.7 Å². The first kappa shape index (κ1) is 17.9. The van der Waals surface area contributed by atoms with E-state index in [0.29, 0.717) is 0 Å². The van der Waals surface area contributed by atoms with E-state index in [1.807, 2.05) is 36.4 Å². The highest BCUT2D eigenvalue weighted by molar-refractivity contribution is 6.30. The van der Waals surface area contributed by atoms with E-state index in [0.717, 1.165) is 35.2 Å². The van der Waals surface area contributed by atoms with Gasteiger partial charge in [-0.2, -0.15) is 0 Å². The van der Waals surface area contributed by atoms with Crippen LogP contribution in [0.3, 0.4) is 0 Å². The van der Waals surface area contributed by atoms with Crippen molar-refractivity contribution >= 4 is 17.3 Å². The number of hydrogen-bond acceptors (Lipinski definition) is 2. The summed E-state index contributed by atoms with van der Waals surface area (Å²) in [6.45, 7) is 3.42. The topological polar surface area (TPSA) is 29.3 Å². The van der Waals surface area contributed by atoms with Crippen LogP contribution in [0.25, 0.3) is 0 Å². The molecule has 0 aromatic heterocycles. The third-order valence-corrected chi connectivity index (χ3v) is 5.07. The van der Waals surface area contributed by atoms with Gasteiger partial charge in [-0.25, -0.2) is 0 Å². The van der Waals surface area contributed by atoms with Crippen molar-refractivity contribution in [2.24, 2.45) is 5.92 Å². The molecule has 0 atom stereocenters. The smallest absolute Gasteiger partial charge is 0.0406 e. The zero-order valence-corrected chi connectivity index (χ0v) is 15.3. The number of likely N-dealkylation sites (tertiary alicyclic amines) is 1. The van der Waals surface area contributed by atoms with Gasteiger partial charge in [0, 0.05) is 29.2 Å². The van der Waals surface area contributed by atoms with Gasteiger partial charge in [0.15, 0.2) is 0 Å². The molecular formula is C22H25ClN2. The van der Waals surface area contributed by atoms with Gasteiger partial charge < -0.3 is 10.6 Å². The molecule has 3 heteroatoms. The van der Waals surface area contributed by atoms with Crippen LogP contribution in [-0.4, -0.2) is 24.5 Å². The van der Waals surface area contributed by atoms with Gasteiger partial charge in [-0.3, -0.25) is 0 Å². The molecule has 130 valence electrons. The van der Waals surface area contributed by atoms with Crippen LogP contribution >= 0.6 is 11.6 Å². The van der Waals surface area contributed by atoms with Crippen molar-refractivity contribution in [3.8, 4) is 11.8 Å². The number of anilines is 1. The van der Waals surface area contributed by atoms with Crippen LogP contribution < -0.4 is 5.73 Å². The maximum absolute atomic E-state index is 5.96. The summed E-state index contributed by atoms with van der Waals surface area (Å²) in [6.07, 6.45) is 4.62. The summed E-state index contributed by atoms with van der Waals surface area (Å²) in [5, 5.41) is 0.817. The summed E-state index contributed by atoms with van der Waals surface area (Å²) >= 11 is 5.96. The normalized spacial score (nSPS) is 15.6. The second kappa shape index (κ2) is 8.94. The van der Waals surface area contributed by atoms with E-state index in [2.05, 4.69) is 28.9 Å². The van der Waals surface area contributed by atoms with Crippen LogP contribution in [-0.2, 0) is 6.42 Å². The molecule has 0 spiro atoms. The van der Waals surface area contributed by atoms with Gasteiger partial charge in [-0.1, -0.05) is 41.6 Å². The Bertz CT molecular complexity index is 735. The van der Waals surface area contributed by atoms with Gasteiger partial charge in [0.1, 0.15) is 0 Å². The van der Waals surface area contributed by atoms with E-state index in [-0.39, 0.29) is 0 Å². The molecule has 2 aromatic rings. The molecule has 3 rings (SSSR count). The summed E-state index contributed by atoms with van der Waals surface area (Å²) in [4.78, 5) is 2.53. The number of rotatable bonds is 4. The second-order valence-corrected chi connectivity index (χ2v) is 7.23. The fraction of sp³-hybridized carbons (Fsp3) is 0.364. The lowest BCUT2D eigenvalue weighted by molar-refractivity contribution is 0.187. The van der Waals surface area contributed by atoms with Gasteiger partial charge in [-0.15, -0.1) is 0 Å². The molecule has 1 aliphatic rings. The molecular weight excluding hydrogens is 328 g/mol. The number of benzene rings is 2. The lowest BCUT2D eigenvalue weighted by atomic mass is 9.90. The zero-order valence-electron chi connectivity index (χ0n) is 14.5. The van der Waals surface area contributed by atoms with Crippen LogP contribution in [0.4, 0.5) is 5.69 Å². The largest absolute Gasteiger partial charge is 0.399 e. The van der Waals surface area contributed by atoms with Gasteiger partial charge in [0.2, 0.25) is 0 Å². The van der Waals surface area contributed by atoms with Crippen LogP contribution in [0.1, 0.15) is 30.4 Å². The molecule has 0 aliphatic carbocycles. The number of piperidine rings is 1. The van der Waals surface area contributed by atoms with Crippen LogP contribution in [0, 0.1) is 17.8 Å². The predicted octanol–water partition coefficient (Wildman–Crippen LogP) is 4.62. The van der Waals surface area contributed by atoms with Crippen molar-refractivity contribution in [1.29, 1.82) is 0 Å². The summed E-state index contributed by atoms with van der Waals surface area (Å²) in [5.41, 5.74) is 8.95. The SMILES string of the molecule is Nc1cccc(C#CCCN2CCC(Cc3ccc(Cl)cc3)CC2)c1. The molecule has 1 heterocycles. The minimum absolute atomic E-state index is 0.773. The number of hydrogen-bond donors (Lipinski definition) is 1. The zero-order chi connectivity index (χ0) is 17.5. The molecule has 2 N–H and O–H groups in total. The highest BCUT2D eigenvalue weighted by Crippen LogP contribution is 2.22. The van der Waals surface area contributed by atoms with E-state index in [4.69, 9.17) is 17.3 Å².